The van der Waals surface area contributed by atoms with Crippen LogP contribution in [0.5, 0.6) is 0 Å². The molecule has 0 fully saturated rings. The van der Waals surface area contributed by atoms with Crippen LogP contribution in [0.4, 0.5) is 0 Å². The van der Waals surface area contributed by atoms with E-state index in [0.717, 1.165) is 15.9 Å². The second-order valence-electron chi connectivity index (χ2n) is 5.81. The van der Waals surface area contributed by atoms with Crippen molar-refractivity contribution in [3.8, 4) is 5.69 Å². The predicted octanol–water partition coefficient (Wildman–Crippen LogP) is 2.95. The lowest BCUT2D eigenvalue weighted by Gasteiger charge is -2.12. The van der Waals surface area contributed by atoms with E-state index >= 15 is 0 Å². The molecule has 0 radical (unpaired) electrons. The lowest BCUT2D eigenvalue weighted by molar-refractivity contribution is 0.579. The van der Waals surface area contributed by atoms with Gasteiger partial charge in [-0.3, -0.25) is 0 Å². The van der Waals surface area contributed by atoms with Gasteiger partial charge in [-0.1, -0.05) is 30.3 Å². The predicted molar refractivity (Wildman–Crippen MR) is 99.8 cm³/mol. The van der Waals surface area contributed by atoms with Crippen molar-refractivity contribution in [2.24, 2.45) is 0 Å². The van der Waals surface area contributed by atoms with Gasteiger partial charge in [-0.05, 0) is 41.6 Å². The number of aromatic nitrogens is 5. The summed E-state index contributed by atoms with van der Waals surface area (Å²) in [5.74, 6) is 0.145. The monoisotopic (exact) mass is 385 g/mol. The Kier molecular flexibility index (Phi) is 4.25. The fourth-order valence-electron chi connectivity index (χ4n) is 2.64. The summed E-state index contributed by atoms with van der Waals surface area (Å²) in [5, 5.41) is 11.3. The molecule has 0 saturated carbocycles. The Morgan fingerprint density at radius 2 is 1.81 bits per heavy atom. The highest BCUT2D eigenvalue weighted by molar-refractivity contribution is 7.91. The van der Waals surface area contributed by atoms with Gasteiger partial charge in [-0.15, -0.1) is 16.4 Å². The average Bonchev–Trinajstić information content (AvgIpc) is 3.27. The molecule has 0 aliphatic heterocycles. The molecule has 1 unspecified atom stereocenters. The normalized spacial score (nSPS) is 13.1. The zero-order chi connectivity index (χ0) is 18.1. The van der Waals surface area contributed by atoms with Crippen molar-refractivity contribution in [3.05, 3.63) is 65.4 Å². The van der Waals surface area contributed by atoms with E-state index in [4.69, 9.17) is 0 Å². The number of benzene rings is 2. The van der Waals surface area contributed by atoms with E-state index in [0.29, 0.717) is 5.01 Å². The second kappa shape index (κ2) is 6.58. The molecule has 0 saturated heterocycles. The molecule has 0 aliphatic rings. The van der Waals surface area contributed by atoms with Crippen LogP contribution in [0, 0.1) is 0 Å². The SMILES string of the molecule is CC(c1nnnn1-c1ccccc1)S(=O)(=O)Cc1nc2ccccc2s1. The maximum Gasteiger partial charge on any atom is 0.174 e. The summed E-state index contributed by atoms with van der Waals surface area (Å²) in [4.78, 5) is 4.42. The summed E-state index contributed by atoms with van der Waals surface area (Å²) in [5.41, 5.74) is 1.53. The van der Waals surface area contributed by atoms with Crippen LogP contribution in [0.25, 0.3) is 15.9 Å². The third-order valence-electron chi connectivity index (χ3n) is 4.06. The largest absolute Gasteiger partial charge is 0.240 e. The molecular weight excluding hydrogens is 370 g/mol. The van der Waals surface area contributed by atoms with E-state index in [1.54, 1.807) is 6.92 Å². The zero-order valence-electron chi connectivity index (χ0n) is 13.8. The number of hydrogen-bond acceptors (Lipinski definition) is 7. The van der Waals surface area contributed by atoms with E-state index < -0.39 is 15.1 Å². The Bertz CT molecular complexity index is 1120. The van der Waals surface area contributed by atoms with Gasteiger partial charge in [0.15, 0.2) is 15.7 Å². The first-order chi connectivity index (χ1) is 12.5. The number of fused-ring (bicyclic) bond motifs is 1. The minimum absolute atomic E-state index is 0.144. The first kappa shape index (κ1) is 16.8. The molecule has 2 aromatic carbocycles. The van der Waals surface area contributed by atoms with Crippen LogP contribution in [0.2, 0.25) is 0 Å². The maximum atomic E-state index is 12.9. The summed E-state index contributed by atoms with van der Waals surface area (Å²) in [6, 6.07) is 16.8. The van der Waals surface area contributed by atoms with Crippen LogP contribution >= 0.6 is 11.3 Å². The molecule has 4 rings (SSSR count). The molecule has 4 aromatic rings. The molecular formula is C17H15N5O2S2. The van der Waals surface area contributed by atoms with Crippen molar-refractivity contribution < 1.29 is 8.42 Å². The molecule has 0 bridgehead atoms. The lowest BCUT2D eigenvalue weighted by atomic mass is 10.3. The summed E-state index contributed by atoms with van der Waals surface area (Å²) in [7, 11) is -3.53. The second-order valence-corrected chi connectivity index (χ2v) is 9.25. The molecule has 7 nitrogen and oxygen atoms in total. The number of sulfone groups is 1. The summed E-state index contributed by atoms with van der Waals surface area (Å²) >= 11 is 1.39. The fraction of sp³-hybridized carbons (Fsp3) is 0.176. The van der Waals surface area contributed by atoms with Gasteiger partial charge < -0.3 is 0 Å². The van der Waals surface area contributed by atoms with Crippen LogP contribution in [0.3, 0.4) is 0 Å². The zero-order valence-corrected chi connectivity index (χ0v) is 15.5. The summed E-state index contributed by atoms with van der Waals surface area (Å²) < 4.78 is 28.3. The van der Waals surface area contributed by atoms with Gasteiger partial charge in [0.05, 0.1) is 15.9 Å². The van der Waals surface area contributed by atoms with Crippen molar-refractivity contribution in [1.29, 1.82) is 0 Å². The van der Waals surface area contributed by atoms with Crippen LogP contribution in [0.1, 0.15) is 23.0 Å². The summed E-state index contributed by atoms with van der Waals surface area (Å²) in [6.45, 7) is 1.60. The topological polar surface area (TPSA) is 90.6 Å². The van der Waals surface area contributed by atoms with E-state index in [1.807, 2.05) is 54.6 Å². The van der Waals surface area contributed by atoms with Crippen LogP contribution in [-0.2, 0) is 15.6 Å². The van der Waals surface area contributed by atoms with Crippen molar-refractivity contribution in [3.63, 3.8) is 0 Å². The quantitative estimate of drug-likeness (QED) is 0.525. The molecule has 2 heterocycles. The van der Waals surface area contributed by atoms with Crippen molar-refractivity contribution >= 4 is 31.4 Å². The number of hydrogen-bond donors (Lipinski definition) is 0. The third-order valence-corrected chi connectivity index (χ3v) is 7.24. The standard InChI is InChI=1S/C17H15N5O2S2/c1-12(17-19-20-21-22(17)13-7-3-2-4-8-13)26(23,24)11-16-18-14-9-5-6-10-15(14)25-16/h2-10,12H,11H2,1H3. The molecule has 0 amide bonds. The first-order valence-corrected chi connectivity index (χ1v) is 10.5. The smallest absolute Gasteiger partial charge is 0.174 e. The average molecular weight is 385 g/mol. The Hall–Kier alpha value is -2.65. The Balaban J connectivity index is 1.65. The highest BCUT2D eigenvalue weighted by atomic mass is 32.2. The van der Waals surface area contributed by atoms with Crippen molar-refractivity contribution in [2.45, 2.75) is 17.9 Å². The van der Waals surface area contributed by atoms with E-state index in [1.165, 1.54) is 16.0 Å². The molecule has 26 heavy (non-hydrogen) atoms. The highest BCUT2D eigenvalue weighted by Gasteiger charge is 2.29. The van der Waals surface area contributed by atoms with Crippen LogP contribution in [-0.4, -0.2) is 33.6 Å². The number of nitrogens with zero attached hydrogens (tertiary/aromatic N) is 5. The van der Waals surface area contributed by atoms with Gasteiger partial charge in [0, 0.05) is 0 Å². The van der Waals surface area contributed by atoms with Crippen LogP contribution < -0.4 is 0 Å². The minimum atomic E-state index is -3.53. The van der Waals surface area contributed by atoms with Gasteiger partial charge in [0.2, 0.25) is 0 Å². The Morgan fingerprint density at radius 3 is 2.58 bits per heavy atom. The Labute approximate surface area is 154 Å². The number of tetrazole rings is 1. The van der Waals surface area contributed by atoms with Gasteiger partial charge in [-0.25, -0.2) is 13.4 Å². The Morgan fingerprint density at radius 1 is 1.08 bits per heavy atom. The maximum absolute atomic E-state index is 12.9. The van der Waals surface area contributed by atoms with Crippen molar-refractivity contribution in [1.82, 2.24) is 25.2 Å². The van der Waals surface area contributed by atoms with E-state index in [2.05, 4.69) is 20.5 Å². The highest BCUT2D eigenvalue weighted by Crippen LogP contribution is 2.28. The number of para-hydroxylation sites is 2. The first-order valence-electron chi connectivity index (χ1n) is 7.94. The van der Waals surface area contributed by atoms with Gasteiger partial charge in [0.25, 0.3) is 0 Å². The lowest BCUT2D eigenvalue weighted by Crippen LogP contribution is -2.17. The van der Waals surface area contributed by atoms with Gasteiger partial charge in [-0.2, -0.15) is 4.68 Å². The van der Waals surface area contributed by atoms with Gasteiger partial charge >= 0.3 is 0 Å². The fourth-order valence-corrected chi connectivity index (χ4v) is 5.26. The molecule has 0 N–H and O–H groups in total. The van der Waals surface area contributed by atoms with E-state index in [-0.39, 0.29) is 11.6 Å². The molecule has 2 aromatic heterocycles. The van der Waals surface area contributed by atoms with Crippen LogP contribution in [0.15, 0.2) is 54.6 Å². The summed E-state index contributed by atoms with van der Waals surface area (Å²) in [6.07, 6.45) is 0. The molecule has 0 spiro atoms. The molecule has 9 heteroatoms. The van der Waals surface area contributed by atoms with Gasteiger partial charge in [0.1, 0.15) is 16.0 Å². The van der Waals surface area contributed by atoms with E-state index in [9.17, 15) is 8.42 Å². The number of thiazole rings is 1. The molecule has 1 atom stereocenters. The van der Waals surface area contributed by atoms with Crippen molar-refractivity contribution in [2.75, 3.05) is 0 Å². The molecule has 132 valence electrons. The third kappa shape index (κ3) is 3.11. The molecule has 0 aliphatic carbocycles. The minimum Gasteiger partial charge on any atom is -0.240 e. The number of rotatable bonds is 5.